The Morgan fingerprint density at radius 3 is 2.69 bits per heavy atom. The molecule has 0 atom stereocenters. The summed E-state index contributed by atoms with van der Waals surface area (Å²) in [6.07, 6.45) is 2.06. The third kappa shape index (κ3) is 5.06. The van der Waals surface area contributed by atoms with Gasteiger partial charge in [-0.2, -0.15) is 0 Å². The van der Waals surface area contributed by atoms with Crippen molar-refractivity contribution < 1.29 is 14.1 Å². The minimum absolute atomic E-state index is 0.109. The van der Waals surface area contributed by atoms with Crippen LogP contribution in [0.15, 0.2) is 64.0 Å². The smallest absolute Gasteiger partial charge is 0.256 e. The zero-order chi connectivity index (χ0) is 20.2. The average molecular weight is 407 g/mol. The molecule has 29 heavy (non-hydrogen) atoms. The molecule has 0 saturated heterocycles. The number of carbonyl (C=O) groups is 2. The van der Waals surface area contributed by atoms with Gasteiger partial charge in [0.05, 0.1) is 11.3 Å². The Morgan fingerprint density at radius 1 is 1.10 bits per heavy atom. The highest BCUT2D eigenvalue weighted by atomic mass is 32.2. The summed E-state index contributed by atoms with van der Waals surface area (Å²) >= 11 is 1.53. The molecular weight excluding hydrogens is 386 g/mol. The first-order chi connectivity index (χ1) is 14.1. The second-order valence-corrected chi connectivity index (χ2v) is 8.01. The molecular formula is C22H21N3O3S. The molecule has 1 aliphatic carbocycles. The number of hydrogen-bond donors (Lipinski definition) is 2. The van der Waals surface area contributed by atoms with E-state index >= 15 is 0 Å². The van der Waals surface area contributed by atoms with Crippen LogP contribution in [0, 0.1) is 6.92 Å². The van der Waals surface area contributed by atoms with Gasteiger partial charge >= 0.3 is 0 Å². The topological polar surface area (TPSA) is 84.2 Å². The minimum Gasteiger partial charge on any atom is -0.361 e. The van der Waals surface area contributed by atoms with Crippen LogP contribution in [-0.4, -0.2) is 23.0 Å². The van der Waals surface area contributed by atoms with E-state index in [9.17, 15) is 9.59 Å². The summed E-state index contributed by atoms with van der Waals surface area (Å²) < 4.78 is 5.09. The van der Waals surface area contributed by atoms with E-state index in [2.05, 4.69) is 15.8 Å². The van der Waals surface area contributed by atoms with E-state index < -0.39 is 0 Å². The van der Waals surface area contributed by atoms with Crippen LogP contribution >= 0.6 is 11.8 Å². The quantitative estimate of drug-likeness (QED) is 0.567. The highest BCUT2D eigenvalue weighted by Crippen LogP contribution is 2.27. The summed E-state index contributed by atoms with van der Waals surface area (Å²) in [4.78, 5) is 26.0. The number of aryl methyl sites for hydroxylation is 1. The maximum Gasteiger partial charge on any atom is 0.256 e. The van der Waals surface area contributed by atoms with E-state index in [-0.39, 0.29) is 17.9 Å². The first-order valence-electron chi connectivity index (χ1n) is 9.45. The Labute approximate surface area is 173 Å². The van der Waals surface area contributed by atoms with Crippen molar-refractivity contribution in [2.24, 2.45) is 0 Å². The fourth-order valence-electron chi connectivity index (χ4n) is 2.85. The summed E-state index contributed by atoms with van der Waals surface area (Å²) in [7, 11) is 0. The normalized spacial score (nSPS) is 13.1. The number of carbonyl (C=O) groups excluding carboxylic acids is 2. The van der Waals surface area contributed by atoms with E-state index in [1.165, 1.54) is 11.8 Å². The van der Waals surface area contributed by atoms with Crippen molar-refractivity contribution in [3.63, 3.8) is 0 Å². The Bertz CT molecular complexity index is 1040. The highest BCUT2D eigenvalue weighted by molar-refractivity contribution is 7.98. The Hall–Kier alpha value is -3.06. The number of amides is 2. The lowest BCUT2D eigenvalue weighted by Gasteiger charge is -2.11. The van der Waals surface area contributed by atoms with Gasteiger partial charge in [-0.15, -0.1) is 11.8 Å². The van der Waals surface area contributed by atoms with Gasteiger partial charge in [-0.1, -0.05) is 23.4 Å². The second-order valence-electron chi connectivity index (χ2n) is 7.00. The van der Waals surface area contributed by atoms with Crippen LogP contribution in [-0.2, 0) is 5.75 Å². The summed E-state index contributed by atoms with van der Waals surface area (Å²) in [6, 6.07) is 16.6. The number of rotatable bonds is 7. The van der Waals surface area contributed by atoms with Crippen molar-refractivity contribution in [1.82, 2.24) is 10.5 Å². The molecule has 2 aromatic carbocycles. The third-order valence-electron chi connectivity index (χ3n) is 4.48. The molecule has 3 aromatic rings. The number of benzene rings is 2. The van der Waals surface area contributed by atoms with Crippen molar-refractivity contribution >= 4 is 29.3 Å². The second kappa shape index (κ2) is 8.53. The molecule has 2 N–H and O–H groups in total. The highest BCUT2D eigenvalue weighted by Gasteiger charge is 2.24. The largest absolute Gasteiger partial charge is 0.361 e. The maximum absolute atomic E-state index is 12.9. The van der Waals surface area contributed by atoms with Crippen molar-refractivity contribution in [2.75, 3.05) is 5.32 Å². The van der Waals surface area contributed by atoms with Crippen LogP contribution in [0.3, 0.4) is 0 Å². The number of aromatic nitrogens is 1. The summed E-state index contributed by atoms with van der Waals surface area (Å²) in [6.45, 7) is 1.85. The Balaban J connectivity index is 1.45. The fourth-order valence-corrected chi connectivity index (χ4v) is 3.78. The summed E-state index contributed by atoms with van der Waals surface area (Å²) in [5, 5.41) is 9.85. The van der Waals surface area contributed by atoms with E-state index in [1.54, 1.807) is 30.3 Å². The van der Waals surface area contributed by atoms with Crippen LogP contribution < -0.4 is 10.6 Å². The molecule has 1 aromatic heterocycles. The van der Waals surface area contributed by atoms with E-state index in [1.807, 2.05) is 31.2 Å². The van der Waals surface area contributed by atoms with Gasteiger partial charge in [-0.25, -0.2) is 0 Å². The molecule has 6 nitrogen and oxygen atoms in total. The predicted octanol–water partition coefficient (Wildman–Crippen LogP) is 4.42. The number of nitrogens with one attached hydrogen (secondary N) is 2. The van der Waals surface area contributed by atoms with Crippen molar-refractivity contribution in [1.29, 1.82) is 0 Å². The van der Waals surface area contributed by atoms with Crippen LogP contribution in [0.5, 0.6) is 0 Å². The molecule has 0 aliphatic heterocycles. The first kappa shape index (κ1) is 19.3. The van der Waals surface area contributed by atoms with Crippen LogP contribution in [0.25, 0.3) is 0 Å². The van der Waals surface area contributed by atoms with Gasteiger partial charge < -0.3 is 15.2 Å². The van der Waals surface area contributed by atoms with Gasteiger partial charge in [-0.05, 0) is 50.1 Å². The van der Waals surface area contributed by atoms with Crippen molar-refractivity contribution in [3.8, 4) is 0 Å². The molecule has 7 heteroatoms. The third-order valence-corrected chi connectivity index (χ3v) is 5.59. The first-order valence-corrected chi connectivity index (χ1v) is 10.4. The van der Waals surface area contributed by atoms with Gasteiger partial charge in [0.1, 0.15) is 5.76 Å². The zero-order valence-electron chi connectivity index (χ0n) is 16.0. The summed E-state index contributed by atoms with van der Waals surface area (Å²) in [5.74, 6) is 1.04. The lowest BCUT2D eigenvalue weighted by molar-refractivity contribution is 0.0949. The lowest BCUT2D eigenvalue weighted by Crippen LogP contribution is -2.25. The van der Waals surface area contributed by atoms with Gasteiger partial charge in [0.25, 0.3) is 11.8 Å². The number of nitrogens with zero attached hydrogens (tertiary/aromatic N) is 1. The number of anilines is 1. The van der Waals surface area contributed by atoms with Crippen LogP contribution in [0.4, 0.5) is 5.69 Å². The van der Waals surface area contributed by atoms with Gasteiger partial charge in [0.2, 0.25) is 0 Å². The van der Waals surface area contributed by atoms with Crippen LogP contribution in [0.2, 0.25) is 0 Å². The predicted molar refractivity (Wildman–Crippen MR) is 112 cm³/mol. The van der Waals surface area contributed by atoms with E-state index in [0.717, 1.165) is 29.2 Å². The maximum atomic E-state index is 12.9. The zero-order valence-corrected chi connectivity index (χ0v) is 16.8. The number of hydrogen-bond acceptors (Lipinski definition) is 5. The lowest BCUT2D eigenvalue weighted by atomic mass is 10.1. The van der Waals surface area contributed by atoms with E-state index in [0.29, 0.717) is 22.6 Å². The fraction of sp³-hybridized carbons (Fsp3) is 0.227. The molecule has 4 rings (SSSR count). The van der Waals surface area contributed by atoms with Crippen molar-refractivity contribution in [3.05, 3.63) is 77.2 Å². The molecule has 2 amide bonds. The number of thioether (sulfide) groups is 1. The standard InChI is InChI=1S/C22H21N3O3S/c1-14-11-18(25-28-14)13-29-20-8-3-2-7-19(20)22(27)24-17-6-4-5-15(12-17)21(26)23-16-9-10-16/h2-8,11-12,16H,9-10,13H2,1H3,(H,23,26)(H,24,27). The molecule has 1 saturated carbocycles. The molecule has 0 spiro atoms. The Kier molecular flexibility index (Phi) is 5.67. The molecule has 148 valence electrons. The molecule has 0 radical (unpaired) electrons. The average Bonchev–Trinajstić information content (AvgIpc) is 3.44. The monoisotopic (exact) mass is 407 g/mol. The van der Waals surface area contributed by atoms with Crippen molar-refractivity contribution in [2.45, 2.75) is 36.5 Å². The molecule has 1 heterocycles. The molecule has 0 unspecified atom stereocenters. The molecule has 1 fully saturated rings. The van der Waals surface area contributed by atoms with Gasteiger partial charge in [0, 0.05) is 34.0 Å². The van der Waals surface area contributed by atoms with E-state index in [4.69, 9.17) is 4.52 Å². The Morgan fingerprint density at radius 2 is 1.93 bits per heavy atom. The molecule has 1 aliphatic rings. The minimum atomic E-state index is -0.218. The van der Waals surface area contributed by atoms with Crippen LogP contribution in [0.1, 0.15) is 45.0 Å². The van der Waals surface area contributed by atoms with Gasteiger partial charge in [-0.3, -0.25) is 9.59 Å². The SMILES string of the molecule is Cc1cc(CSc2ccccc2C(=O)Nc2cccc(C(=O)NC3CC3)c2)no1. The van der Waals surface area contributed by atoms with Gasteiger partial charge in [0.15, 0.2) is 0 Å². The summed E-state index contributed by atoms with van der Waals surface area (Å²) in [5.41, 5.74) is 2.53. The molecule has 0 bridgehead atoms.